The smallest absolute Gasteiger partial charge is 0.246 e. The van der Waals surface area contributed by atoms with Gasteiger partial charge >= 0.3 is 0 Å². The summed E-state index contributed by atoms with van der Waals surface area (Å²) in [6, 6.07) is 5.48. The Kier molecular flexibility index (Phi) is 4.03. The number of benzene rings is 1. The van der Waals surface area contributed by atoms with Crippen LogP contribution in [0.5, 0.6) is 0 Å². The Bertz CT molecular complexity index is 591. The Morgan fingerprint density at radius 2 is 2.15 bits per heavy atom. The number of ether oxygens (including phenoxy) is 1. The predicted octanol–water partition coefficient (Wildman–Crippen LogP) is 1.72. The molecule has 2 aliphatic heterocycles. The normalized spacial score (nSPS) is 28.1. The maximum Gasteiger partial charge on any atom is 0.246 e. The first kappa shape index (κ1) is 14.3. The highest BCUT2D eigenvalue weighted by atomic mass is 32.2. The molecular formula is C13H16FNO3S2. The molecule has 2 unspecified atom stereocenters. The van der Waals surface area contributed by atoms with Crippen LogP contribution in [0, 0.1) is 5.82 Å². The summed E-state index contributed by atoms with van der Waals surface area (Å²) >= 11 is 1.74. The Labute approximate surface area is 122 Å². The van der Waals surface area contributed by atoms with E-state index in [1.807, 2.05) is 0 Å². The van der Waals surface area contributed by atoms with Crippen molar-refractivity contribution in [2.75, 3.05) is 25.5 Å². The number of hydrogen-bond acceptors (Lipinski definition) is 4. The molecule has 20 heavy (non-hydrogen) atoms. The number of rotatable bonds is 2. The molecule has 1 aromatic carbocycles. The summed E-state index contributed by atoms with van der Waals surface area (Å²) in [4.78, 5) is -0.225. The SMILES string of the molecule is O=S(=O)(c1ccccc1F)N1CCSC2COCCC21. The molecule has 0 amide bonds. The first-order valence-corrected chi connectivity index (χ1v) is 9.05. The molecule has 1 aromatic rings. The van der Waals surface area contributed by atoms with E-state index in [0.717, 1.165) is 5.75 Å². The Balaban J connectivity index is 1.96. The molecule has 0 radical (unpaired) electrons. The molecule has 0 saturated carbocycles. The van der Waals surface area contributed by atoms with Crippen LogP contribution in [-0.2, 0) is 14.8 Å². The summed E-state index contributed by atoms with van der Waals surface area (Å²) in [5.74, 6) is 0.0346. The van der Waals surface area contributed by atoms with E-state index in [9.17, 15) is 12.8 Å². The second-order valence-corrected chi connectivity index (χ2v) is 8.09. The van der Waals surface area contributed by atoms with Gasteiger partial charge in [-0.25, -0.2) is 12.8 Å². The summed E-state index contributed by atoms with van der Waals surface area (Å²) in [5.41, 5.74) is 0. The largest absolute Gasteiger partial charge is 0.380 e. The van der Waals surface area contributed by atoms with Crippen LogP contribution in [0.25, 0.3) is 0 Å². The van der Waals surface area contributed by atoms with E-state index in [4.69, 9.17) is 4.74 Å². The molecule has 4 nitrogen and oxygen atoms in total. The molecule has 3 rings (SSSR count). The number of fused-ring (bicyclic) bond motifs is 1. The fraction of sp³-hybridized carbons (Fsp3) is 0.538. The van der Waals surface area contributed by atoms with Crippen molar-refractivity contribution in [3.8, 4) is 0 Å². The molecule has 0 bridgehead atoms. The van der Waals surface area contributed by atoms with Crippen molar-refractivity contribution in [2.24, 2.45) is 0 Å². The lowest BCUT2D eigenvalue weighted by atomic mass is 10.1. The van der Waals surface area contributed by atoms with Gasteiger partial charge in [-0.3, -0.25) is 0 Å². The third-order valence-electron chi connectivity index (χ3n) is 3.71. The maximum absolute atomic E-state index is 13.8. The summed E-state index contributed by atoms with van der Waals surface area (Å²) in [6.45, 7) is 1.56. The Morgan fingerprint density at radius 3 is 2.95 bits per heavy atom. The van der Waals surface area contributed by atoms with Gasteiger partial charge in [0.25, 0.3) is 0 Å². The van der Waals surface area contributed by atoms with Gasteiger partial charge in [-0.2, -0.15) is 16.1 Å². The first-order chi connectivity index (χ1) is 9.60. The van der Waals surface area contributed by atoms with Gasteiger partial charge in [0.2, 0.25) is 10.0 Å². The van der Waals surface area contributed by atoms with E-state index in [-0.39, 0.29) is 16.2 Å². The predicted molar refractivity (Wildman–Crippen MR) is 75.8 cm³/mol. The fourth-order valence-corrected chi connectivity index (χ4v) is 5.98. The number of nitrogens with zero attached hydrogens (tertiary/aromatic N) is 1. The van der Waals surface area contributed by atoms with Crippen LogP contribution in [0.2, 0.25) is 0 Å². The van der Waals surface area contributed by atoms with Crippen molar-refractivity contribution >= 4 is 21.8 Å². The lowest BCUT2D eigenvalue weighted by Gasteiger charge is -2.42. The standard InChI is InChI=1S/C13H16FNO3S2/c14-10-3-1-2-4-13(10)20(16,17)15-6-8-19-12-9-18-7-5-11(12)15/h1-4,11-12H,5-9H2. The monoisotopic (exact) mass is 317 g/mol. The summed E-state index contributed by atoms with van der Waals surface area (Å²) < 4.78 is 46.1. The molecule has 110 valence electrons. The van der Waals surface area contributed by atoms with E-state index in [0.29, 0.717) is 26.2 Å². The van der Waals surface area contributed by atoms with Gasteiger partial charge < -0.3 is 4.74 Å². The third kappa shape index (κ3) is 2.47. The first-order valence-electron chi connectivity index (χ1n) is 6.56. The van der Waals surface area contributed by atoms with Crippen molar-refractivity contribution in [1.82, 2.24) is 4.31 Å². The van der Waals surface area contributed by atoms with Crippen LogP contribution >= 0.6 is 11.8 Å². The van der Waals surface area contributed by atoms with Crippen LogP contribution in [-0.4, -0.2) is 49.5 Å². The van der Waals surface area contributed by atoms with Crippen molar-refractivity contribution in [3.63, 3.8) is 0 Å². The molecule has 2 fully saturated rings. The Morgan fingerprint density at radius 1 is 1.35 bits per heavy atom. The van der Waals surface area contributed by atoms with Gasteiger partial charge in [0.1, 0.15) is 10.7 Å². The van der Waals surface area contributed by atoms with Crippen molar-refractivity contribution in [1.29, 1.82) is 0 Å². The summed E-state index contributed by atoms with van der Waals surface area (Å²) in [7, 11) is -3.77. The second kappa shape index (κ2) is 5.63. The fourth-order valence-electron chi connectivity index (χ4n) is 2.73. The van der Waals surface area contributed by atoms with Crippen molar-refractivity contribution < 1.29 is 17.5 Å². The zero-order chi connectivity index (χ0) is 14.2. The maximum atomic E-state index is 13.8. The molecule has 0 aliphatic carbocycles. The van der Waals surface area contributed by atoms with Gasteiger partial charge in [-0.15, -0.1) is 0 Å². The van der Waals surface area contributed by atoms with E-state index in [1.165, 1.54) is 22.5 Å². The van der Waals surface area contributed by atoms with E-state index < -0.39 is 15.8 Å². The minimum atomic E-state index is -3.77. The molecule has 2 heterocycles. The number of halogens is 1. The molecule has 0 aromatic heterocycles. The van der Waals surface area contributed by atoms with Crippen LogP contribution in [0.3, 0.4) is 0 Å². The number of thioether (sulfide) groups is 1. The molecule has 7 heteroatoms. The highest BCUT2D eigenvalue weighted by Crippen LogP contribution is 2.34. The van der Waals surface area contributed by atoms with E-state index in [1.54, 1.807) is 17.8 Å². The lowest BCUT2D eigenvalue weighted by molar-refractivity contribution is 0.0625. The van der Waals surface area contributed by atoms with Crippen molar-refractivity contribution in [2.45, 2.75) is 22.6 Å². The molecule has 2 aliphatic rings. The average molecular weight is 317 g/mol. The lowest BCUT2D eigenvalue weighted by Crippen LogP contribution is -2.54. The van der Waals surface area contributed by atoms with Crippen LogP contribution in [0.1, 0.15) is 6.42 Å². The molecule has 2 atom stereocenters. The topological polar surface area (TPSA) is 46.6 Å². The van der Waals surface area contributed by atoms with Crippen LogP contribution in [0.15, 0.2) is 29.2 Å². The zero-order valence-corrected chi connectivity index (χ0v) is 12.5. The van der Waals surface area contributed by atoms with Gasteiger partial charge in [-0.1, -0.05) is 12.1 Å². The Hall–Kier alpha value is -0.630. The zero-order valence-electron chi connectivity index (χ0n) is 10.9. The van der Waals surface area contributed by atoms with Crippen LogP contribution in [0.4, 0.5) is 4.39 Å². The van der Waals surface area contributed by atoms with Crippen LogP contribution < -0.4 is 0 Å². The second-order valence-electron chi connectivity index (χ2n) is 4.89. The van der Waals surface area contributed by atoms with Gasteiger partial charge in [0.15, 0.2) is 0 Å². The van der Waals surface area contributed by atoms with E-state index >= 15 is 0 Å². The quantitative estimate of drug-likeness (QED) is 0.833. The third-order valence-corrected chi connectivity index (χ3v) is 6.96. The minimum Gasteiger partial charge on any atom is -0.380 e. The molecule has 0 N–H and O–H groups in total. The average Bonchev–Trinajstić information content (AvgIpc) is 2.47. The molecule has 2 saturated heterocycles. The number of hydrogen-bond donors (Lipinski definition) is 0. The van der Waals surface area contributed by atoms with Crippen molar-refractivity contribution in [3.05, 3.63) is 30.1 Å². The molecular weight excluding hydrogens is 301 g/mol. The van der Waals surface area contributed by atoms with E-state index in [2.05, 4.69) is 0 Å². The van der Waals surface area contributed by atoms with Gasteiger partial charge in [0, 0.05) is 30.2 Å². The highest BCUT2D eigenvalue weighted by molar-refractivity contribution is 8.00. The van der Waals surface area contributed by atoms with Gasteiger partial charge in [0.05, 0.1) is 6.61 Å². The van der Waals surface area contributed by atoms with Gasteiger partial charge in [-0.05, 0) is 18.6 Å². The number of sulfonamides is 1. The summed E-state index contributed by atoms with van der Waals surface area (Å²) in [5, 5.41) is 0.152. The molecule has 0 spiro atoms. The minimum absolute atomic E-state index is 0.0906. The highest BCUT2D eigenvalue weighted by Gasteiger charge is 2.41. The summed E-state index contributed by atoms with van der Waals surface area (Å²) in [6.07, 6.45) is 0.672.